The highest BCUT2D eigenvalue weighted by Gasteiger charge is 2.50. The van der Waals surface area contributed by atoms with Gasteiger partial charge in [0.1, 0.15) is 5.82 Å². The van der Waals surface area contributed by atoms with Crippen molar-refractivity contribution in [2.75, 3.05) is 13.6 Å². The lowest BCUT2D eigenvalue weighted by Gasteiger charge is -2.37. The maximum atomic E-state index is 13.0. The van der Waals surface area contributed by atoms with Gasteiger partial charge in [0.05, 0.1) is 18.4 Å². The zero-order valence-electron chi connectivity index (χ0n) is 12.7. The highest BCUT2D eigenvalue weighted by Crippen LogP contribution is 2.49. The van der Waals surface area contributed by atoms with Crippen LogP contribution in [0.2, 0.25) is 0 Å². The Morgan fingerprint density at radius 2 is 2.33 bits per heavy atom. The molecule has 4 nitrogen and oxygen atoms in total. The normalized spacial score (nSPS) is 24.0. The summed E-state index contributed by atoms with van der Waals surface area (Å²) in [6, 6.07) is 1.45. The minimum Gasteiger partial charge on any atom is -0.350 e. The number of rotatable bonds is 3. The molecule has 1 saturated carbocycles. The second kappa shape index (κ2) is 5.37. The molecule has 3 rings (SSSR count). The van der Waals surface area contributed by atoms with Crippen LogP contribution in [0.3, 0.4) is 0 Å². The molecular weight excluding hydrogens is 269 g/mol. The first-order valence-electron chi connectivity index (χ1n) is 7.60. The van der Waals surface area contributed by atoms with Crippen molar-refractivity contribution in [2.45, 2.75) is 44.7 Å². The second-order valence-corrected chi connectivity index (χ2v) is 6.47. The van der Waals surface area contributed by atoms with E-state index in [0.29, 0.717) is 12.1 Å². The Morgan fingerprint density at radius 1 is 1.57 bits per heavy atom. The summed E-state index contributed by atoms with van der Waals surface area (Å²) in [6.45, 7) is 3.18. The van der Waals surface area contributed by atoms with Gasteiger partial charge in [-0.05, 0) is 57.8 Å². The van der Waals surface area contributed by atoms with E-state index in [-0.39, 0.29) is 17.6 Å². The maximum absolute atomic E-state index is 13.0. The van der Waals surface area contributed by atoms with Crippen molar-refractivity contribution in [1.29, 1.82) is 0 Å². The lowest BCUT2D eigenvalue weighted by Crippen LogP contribution is -2.46. The van der Waals surface area contributed by atoms with Crippen molar-refractivity contribution >= 4 is 5.91 Å². The number of piperidine rings is 1. The van der Waals surface area contributed by atoms with E-state index in [1.807, 2.05) is 6.92 Å². The molecule has 1 aliphatic heterocycles. The number of hydrogen-bond acceptors (Lipinski definition) is 3. The van der Waals surface area contributed by atoms with Gasteiger partial charge >= 0.3 is 0 Å². The lowest BCUT2D eigenvalue weighted by atomic mass is 9.88. The van der Waals surface area contributed by atoms with Crippen LogP contribution < -0.4 is 5.32 Å². The Morgan fingerprint density at radius 3 is 3.00 bits per heavy atom. The number of halogens is 1. The molecule has 1 aromatic rings. The van der Waals surface area contributed by atoms with Crippen molar-refractivity contribution in [3.63, 3.8) is 0 Å². The molecule has 1 unspecified atom stereocenters. The van der Waals surface area contributed by atoms with E-state index >= 15 is 0 Å². The summed E-state index contributed by atoms with van der Waals surface area (Å²) in [5, 5.41) is 2.97. The minimum atomic E-state index is -0.339. The summed E-state index contributed by atoms with van der Waals surface area (Å²) in [5.41, 5.74) is 1.81. The molecule has 114 valence electrons. The largest absolute Gasteiger partial charge is 0.350 e. The molecule has 1 aromatic heterocycles. The number of hydrogen-bond donors (Lipinski definition) is 1. The fraction of sp³-hybridized carbons (Fsp3) is 0.625. The second-order valence-electron chi connectivity index (χ2n) is 6.47. The number of carbonyl (C=O) groups excluding carboxylic acids is 1. The Hall–Kier alpha value is -1.49. The molecule has 1 amide bonds. The van der Waals surface area contributed by atoms with Crippen LogP contribution in [0.25, 0.3) is 0 Å². The van der Waals surface area contributed by atoms with Gasteiger partial charge in [-0.25, -0.2) is 4.39 Å². The summed E-state index contributed by atoms with van der Waals surface area (Å²) in [5.74, 6) is -0.127. The minimum absolute atomic E-state index is 0.101. The topological polar surface area (TPSA) is 45.2 Å². The highest BCUT2D eigenvalue weighted by molar-refractivity contribution is 5.79. The summed E-state index contributed by atoms with van der Waals surface area (Å²) in [4.78, 5) is 18.8. The van der Waals surface area contributed by atoms with Crippen LogP contribution in [0.15, 0.2) is 12.3 Å². The molecule has 2 heterocycles. The van der Waals surface area contributed by atoms with Gasteiger partial charge in [-0.2, -0.15) is 0 Å². The summed E-state index contributed by atoms with van der Waals surface area (Å²) in [7, 11) is 2.16. The molecule has 0 bridgehead atoms. The average Bonchev–Trinajstić information content (AvgIpc) is 3.21. The van der Waals surface area contributed by atoms with Gasteiger partial charge in [0.2, 0.25) is 5.91 Å². The lowest BCUT2D eigenvalue weighted by molar-refractivity contribution is -0.127. The molecule has 1 spiro atoms. The van der Waals surface area contributed by atoms with E-state index in [4.69, 9.17) is 0 Å². The third-order valence-electron chi connectivity index (χ3n) is 5.03. The molecule has 1 aliphatic carbocycles. The fourth-order valence-corrected chi connectivity index (χ4v) is 3.33. The van der Waals surface area contributed by atoms with Gasteiger partial charge in [-0.1, -0.05) is 0 Å². The Balaban J connectivity index is 1.57. The number of aromatic nitrogens is 1. The Bertz CT molecular complexity index is 556. The van der Waals surface area contributed by atoms with Crippen LogP contribution in [0.5, 0.6) is 0 Å². The van der Waals surface area contributed by atoms with E-state index in [9.17, 15) is 9.18 Å². The SMILES string of the molecule is Cc1cc(F)cnc1CNC(=O)C1CCN(C)C2(CC2)C1. The third kappa shape index (κ3) is 2.93. The zero-order valence-corrected chi connectivity index (χ0v) is 12.7. The number of carbonyl (C=O) groups is 1. The number of amides is 1. The Labute approximate surface area is 124 Å². The number of nitrogens with one attached hydrogen (secondary N) is 1. The molecule has 1 atom stereocenters. The van der Waals surface area contributed by atoms with Crippen molar-refractivity contribution in [1.82, 2.24) is 15.2 Å². The molecule has 0 aromatic carbocycles. The maximum Gasteiger partial charge on any atom is 0.223 e. The standard InChI is InChI=1S/C16H22FN3O/c1-11-7-13(17)9-18-14(11)10-19-15(21)12-3-6-20(2)16(8-12)4-5-16/h7,9,12H,3-6,8,10H2,1-2H3,(H,19,21). The van der Waals surface area contributed by atoms with Crippen molar-refractivity contribution in [3.05, 3.63) is 29.3 Å². The van der Waals surface area contributed by atoms with E-state index in [1.54, 1.807) is 0 Å². The highest BCUT2D eigenvalue weighted by atomic mass is 19.1. The average molecular weight is 291 g/mol. The van der Waals surface area contributed by atoms with Gasteiger partial charge in [0.25, 0.3) is 0 Å². The van der Waals surface area contributed by atoms with Crippen molar-refractivity contribution in [2.24, 2.45) is 5.92 Å². The first kappa shape index (κ1) is 14.4. The molecule has 1 N–H and O–H groups in total. The smallest absolute Gasteiger partial charge is 0.223 e. The van der Waals surface area contributed by atoms with Crippen LogP contribution in [-0.4, -0.2) is 34.9 Å². The number of pyridine rings is 1. The van der Waals surface area contributed by atoms with Crippen molar-refractivity contribution < 1.29 is 9.18 Å². The monoisotopic (exact) mass is 291 g/mol. The zero-order chi connectivity index (χ0) is 15.0. The van der Waals surface area contributed by atoms with Crippen LogP contribution in [0.1, 0.15) is 36.9 Å². The van der Waals surface area contributed by atoms with Gasteiger partial charge in [-0.15, -0.1) is 0 Å². The quantitative estimate of drug-likeness (QED) is 0.926. The molecule has 2 fully saturated rings. The van der Waals surface area contributed by atoms with Crippen LogP contribution >= 0.6 is 0 Å². The van der Waals surface area contributed by atoms with E-state index in [2.05, 4.69) is 22.2 Å². The number of likely N-dealkylation sites (tertiary alicyclic amines) is 1. The summed E-state index contributed by atoms with van der Waals surface area (Å²) >= 11 is 0. The van der Waals surface area contributed by atoms with E-state index in [1.165, 1.54) is 25.1 Å². The van der Waals surface area contributed by atoms with Crippen LogP contribution in [0, 0.1) is 18.7 Å². The molecule has 0 radical (unpaired) electrons. The molecule has 21 heavy (non-hydrogen) atoms. The molecule has 2 aliphatic rings. The summed E-state index contributed by atoms with van der Waals surface area (Å²) in [6.07, 6.45) is 5.51. The van der Waals surface area contributed by atoms with Crippen molar-refractivity contribution in [3.8, 4) is 0 Å². The number of aryl methyl sites for hydroxylation is 1. The summed E-state index contributed by atoms with van der Waals surface area (Å²) < 4.78 is 13.0. The predicted octanol–water partition coefficient (Wildman–Crippen LogP) is 2.02. The third-order valence-corrected chi connectivity index (χ3v) is 5.03. The van der Waals surface area contributed by atoms with Gasteiger partial charge in [0.15, 0.2) is 0 Å². The molecular formula is C16H22FN3O. The van der Waals surface area contributed by atoms with Gasteiger partial charge in [0, 0.05) is 11.5 Å². The van der Waals surface area contributed by atoms with Gasteiger partial charge < -0.3 is 10.2 Å². The Kier molecular flexibility index (Phi) is 3.69. The molecule has 1 saturated heterocycles. The number of nitrogens with zero attached hydrogens (tertiary/aromatic N) is 2. The van der Waals surface area contributed by atoms with Crippen LogP contribution in [-0.2, 0) is 11.3 Å². The molecule has 5 heteroatoms. The predicted molar refractivity (Wildman–Crippen MR) is 78.1 cm³/mol. The van der Waals surface area contributed by atoms with E-state index < -0.39 is 0 Å². The first-order valence-corrected chi connectivity index (χ1v) is 7.60. The van der Waals surface area contributed by atoms with Gasteiger partial charge in [-0.3, -0.25) is 9.78 Å². The first-order chi connectivity index (χ1) is 10.00. The van der Waals surface area contributed by atoms with Crippen LogP contribution in [0.4, 0.5) is 4.39 Å². The fourth-order valence-electron chi connectivity index (χ4n) is 3.33. The van der Waals surface area contributed by atoms with E-state index in [0.717, 1.165) is 30.6 Å².